The molecule has 0 fully saturated rings. The molecule has 0 bridgehead atoms. The fourth-order valence-electron chi connectivity index (χ4n) is 2.35. The number of halogens is 2. The first kappa shape index (κ1) is 15.1. The Morgan fingerprint density at radius 1 is 1.15 bits per heavy atom. The predicted molar refractivity (Wildman–Crippen MR) is 80.3 cm³/mol. The van der Waals surface area contributed by atoms with Crippen LogP contribution in [0.1, 0.15) is 40.3 Å². The van der Waals surface area contributed by atoms with Gasteiger partial charge in [-0.15, -0.1) is 11.3 Å². The molecular formula is C16H19F2NS. The zero-order chi connectivity index (χ0) is 14.7. The van der Waals surface area contributed by atoms with Gasteiger partial charge in [-0.05, 0) is 44.5 Å². The first-order chi connectivity index (χ1) is 9.52. The highest BCUT2D eigenvalue weighted by Gasteiger charge is 2.20. The van der Waals surface area contributed by atoms with Gasteiger partial charge in [-0.2, -0.15) is 0 Å². The van der Waals surface area contributed by atoms with E-state index in [4.69, 9.17) is 0 Å². The van der Waals surface area contributed by atoms with Crippen molar-refractivity contribution in [3.8, 4) is 0 Å². The summed E-state index contributed by atoms with van der Waals surface area (Å²) in [4.78, 5) is 2.36. The van der Waals surface area contributed by atoms with Crippen LogP contribution in [0.15, 0.2) is 24.3 Å². The second-order valence-electron chi connectivity index (χ2n) is 4.92. The van der Waals surface area contributed by atoms with Gasteiger partial charge in [0.2, 0.25) is 0 Å². The van der Waals surface area contributed by atoms with Crippen molar-refractivity contribution in [3.05, 3.63) is 56.8 Å². The van der Waals surface area contributed by atoms with Crippen LogP contribution in [0.3, 0.4) is 0 Å². The molecule has 1 unspecified atom stereocenters. The molecule has 1 nitrogen and oxygen atoms in total. The van der Waals surface area contributed by atoms with Gasteiger partial charge in [0.1, 0.15) is 11.6 Å². The topological polar surface area (TPSA) is 12.0 Å². The number of thiophene rings is 1. The number of hydrogen-bond acceptors (Lipinski definition) is 2. The van der Waals surface area contributed by atoms with Crippen molar-refractivity contribution in [3.63, 3.8) is 0 Å². The molecule has 0 radical (unpaired) electrons. The van der Waals surface area contributed by atoms with Gasteiger partial charge in [0.15, 0.2) is 0 Å². The monoisotopic (exact) mass is 295 g/mol. The van der Waals surface area contributed by atoms with Crippen LogP contribution < -0.4 is 5.32 Å². The summed E-state index contributed by atoms with van der Waals surface area (Å²) in [5.74, 6) is -1.04. The Kier molecular flexibility index (Phi) is 4.89. The summed E-state index contributed by atoms with van der Waals surface area (Å²) in [6.45, 7) is 6.93. The van der Waals surface area contributed by atoms with Crippen molar-refractivity contribution in [1.82, 2.24) is 5.32 Å². The van der Waals surface area contributed by atoms with Crippen molar-refractivity contribution in [1.29, 1.82) is 0 Å². The number of benzene rings is 1. The molecule has 1 aromatic carbocycles. The van der Waals surface area contributed by atoms with Gasteiger partial charge < -0.3 is 5.32 Å². The van der Waals surface area contributed by atoms with Gasteiger partial charge in [0.05, 0.1) is 6.04 Å². The standard InChI is InChI=1S/C16H19F2NS/c1-4-7-19-16(14-8-10(2)20-11(14)3)13-6-5-12(17)9-15(13)18/h5-6,8-9,16,19H,4,7H2,1-3H3. The Morgan fingerprint density at radius 2 is 1.90 bits per heavy atom. The van der Waals surface area contributed by atoms with Crippen molar-refractivity contribution in [2.45, 2.75) is 33.2 Å². The molecule has 1 heterocycles. The summed E-state index contributed by atoms with van der Waals surface area (Å²) in [6, 6.07) is 5.65. The van der Waals surface area contributed by atoms with Gasteiger partial charge in [0, 0.05) is 21.4 Å². The van der Waals surface area contributed by atoms with Crippen LogP contribution in [-0.4, -0.2) is 6.54 Å². The van der Waals surface area contributed by atoms with Crippen molar-refractivity contribution >= 4 is 11.3 Å². The van der Waals surface area contributed by atoms with E-state index in [-0.39, 0.29) is 6.04 Å². The molecule has 20 heavy (non-hydrogen) atoms. The van der Waals surface area contributed by atoms with E-state index in [9.17, 15) is 8.78 Å². The smallest absolute Gasteiger partial charge is 0.131 e. The summed E-state index contributed by atoms with van der Waals surface area (Å²) in [6.07, 6.45) is 0.960. The van der Waals surface area contributed by atoms with Crippen LogP contribution in [0, 0.1) is 25.5 Å². The molecule has 0 amide bonds. The quantitative estimate of drug-likeness (QED) is 0.840. The highest BCUT2D eigenvalue weighted by atomic mass is 32.1. The summed E-state index contributed by atoms with van der Waals surface area (Å²) < 4.78 is 27.2. The Hall–Kier alpha value is -1.26. The average Bonchev–Trinajstić information content (AvgIpc) is 2.71. The lowest BCUT2D eigenvalue weighted by Gasteiger charge is -2.20. The highest BCUT2D eigenvalue weighted by Crippen LogP contribution is 2.32. The van der Waals surface area contributed by atoms with Crippen LogP contribution in [0.4, 0.5) is 8.78 Å². The minimum Gasteiger partial charge on any atom is -0.306 e. The lowest BCUT2D eigenvalue weighted by molar-refractivity contribution is 0.532. The summed E-state index contributed by atoms with van der Waals surface area (Å²) in [5.41, 5.74) is 1.58. The third-order valence-corrected chi connectivity index (χ3v) is 4.24. The Labute approximate surface area is 122 Å². The normalized spacial score (nSPS) is 12.7. The van der Waals surface area contributed by atoms with Crippen LogP contribution in [-0.2, 0) is 0 Å². The molecule has 0 saturated heterocycles. The van der Waals surface area contributed by atoms with Gasteiger partial charge >= 0.3 is 0 Å². The maximum atomic E-state index is 14.1. The zero-order valence-corrected chi connectivity index (χ0v) is 12.8. The molecule has 1 aromatic heterocycles. The second-order valence-corrected chi connectivity index (χ2v) is 6.38. The highest BCUT2D eigenvalue weighted by molar-refractivity contribution is 7.12. The summed E-state index contributed by atoms with van der Waals surface area (Å²) in [5, 5.41) is 3.36. The van der Waals surface area contributed by atoms with E-state index < -0.39 is 11.6 Å². The van der Waals surface area contributed by atoms with E-state index in [2.05, 4.69) is 18.3 Å². The van der Waals surface area contributed by atoms with E-state index >= 15 is 0 Å². The summed E-state index contributed by atoms with van der Waals surface area (Å²) in [7, 11) is 0. The predicted octanol–water partition coefficient (Wildman–Crippen LogP) is 4.73. The van der Waals surface area contributed by atoms with Crippen molar-refractivity contribution in [2.75, 3.05) is 6.54 Å². The minimum atomic E-state index is -0.543. The first-order valence-electron chi connectivity index (χ1n) is 6.78. The number of aryl methyl sites for hydroxylation is 2. The number of rotatable bonds is 5. The third kappa shape index (κ3) is 3.25. The Morgan fingerprint density at radius 3 is 2.45 bits per heavy atom. The molecule has 1 atom stereocenters. The van der Waals surface area contributed by atoms with E-state index in [1.807, 2.05) is 13.8 Å². The van der Waals surface area contributed by atoms with Gasteiger partial charge in [-0.3, -0.25) is 0 Å². The van der Waals surface area contributed by atoms with Crippen LogP contribution >= 0.6 is 11.3 Å². The van der Waals surface area contributed by atoms with Gasteiger partial charge in [-0.25, -0.2) is 8.78 Å². The molecule has 2 rings (SSSR count). The van der Waals surface area contributed by atoms with Crippen LogP contribution in [0.25, 0.3) is 0 Å². The molecule has 0 saturated carbocycles. The van der Waals surface area contributed by atoms with Crippen molar-refractivity contribution in [2.24, 2.45) is 0 Å². The maximum absolute atomic E-state index is 14.1. The van der Waals surface area contributed by atoms with Gasteiger partial charge in [0.25, 0.3) is 0 Å². The fourth-order valence-corrected chi connectivity index (χ4v) is 3.31. The van der Waals surface area contributed by atoms with E-state index in [1.54, 1.807) is 11.3 Å². The molecular weight excluding hydrogens is 276 g/mol. The lowest BCUT2D eigenvalue weighted by atomic mass is 9.98. The first-order valence-corrected chi connectivity index (χ1v) is 7.59. The lowest BCUT2D eigenvalue weighted by Crippen LogP contribution is -2.24. The Balaban J connectivity index is 2.44. The fraction of sp³-hybridized carbons (Fsp3) is 0.375. The Bertz CT molecular complexity index is 592. The number of nitrogens with one attached hydrogen (secondary N) is 1. The molecule has 0 aliphatic carbocycles. The molecule has 1 N–H and O–H groups in total. The third-order valence-electron chi connectivity index (χ3n) is 3.26. The van der Waals surface area contributed by atoms with Crippen LogP contribution in [0.5, 0.6) is 0 Å². The average molecular weight is 295 g/mol. The molecule has 108 valence electrons. The van der Waals surface area contributed by atoms with E-state index in [1.165, 1.54) is 21.9 Å². The van der Waals surface area contributed by atoms with Gasteiger partial charge in [-0.1, -0.05) is 13.0 Å². The second kappa shape index (κ2) is 6.46. The summed E-state index contributed by atoms with van der Waals surface area (Å²) >= 11 is 1.70. The molecule has 4 heteroatoms. The zero-order valence-electron chi connectivity index (χ0n) is 12.0. The maximum Gasteiger partial charge on any atom is 0.131 e. The molecule has 0 aliphatic rings. The van der Waals surface area contributed by atoms with Crippen LogP contribution in [0.2, 0.25) is 0 Å². The number of hydrogen-bond donors (Lipinski definition) is 1. The molecule has 0 spiro atoms. The van der Waals surface area contributed by atoms with Crippen molar-refractivity contribution < 1.29 is 8.78 Å². The molecule has 0 aliphatic heterocycles. The molecule has 2 aromatic rings. The van der Waals surface area contributed by atoms with E-state index in [0.29, 0.717) is 5.56 Å². The SMILES string of the molecule is CCCNC(c1ccc(F)cc1F)c1cc(C)sc1C. The largest absolute Gasteiger partial charge is 0.306 e. The minimum absolute atomic E-state index is 0.222. The van der Waals surface area contributed by atoms with E-state index in [0.717, 1.165) is 24.6 Å².